The molecule has 0 saturated heterocycles. The molecular weight excluding hydrogens is 356 g/mol. The molecule has 4 heteroatoms. The predicted octanol–water partition coefficient (Wildman–Crippen LogP) is 4.02. The van der Waals surface area contributed by atoms with Gasteiger partial charge in [-0.1, -0.05) is 36.4 Å². The Labute approximate surface area is 171 Å². The topological polar surface area (TPSA) is 77.5 Å². The summed E-state index contributed by atoms with van der Waals surface area (Å²) in [6.45, 7) is 1.15. The van der Waals surface area contributed by atoms with E-state index in [2.05, 4.69) is 16.7 Å². The van der Waals surface area contributed by atoms with Crippen molar-refractivity contribution >= 4 is 24.3 Å². The maximum atomic E-state index is 9.28. The second-order valence-electron chi connectivity index (χ2n) is 6.38. The fourth-order valence-corrected chi connectivity index (χ4v) is 3.09. The smallest absolute Gasteiger partial charge is 0.205 e. The second-order valence-corrected chi connectivity index (χ2v) is 6.38. The Hall–Kier alpha value is -3.99. The second kappa shape index (κ2) is 9.80. The first-order valence-electron chi connectivity index (χ1n) is 9.34. The molecule has 0 bridgehead atoms. The maximum absolute atomic E-state index is 9.28. The molecule has 0 radical (unpaired) electrons. The van der Waals surface area contributed by atoms with Crippen LogP contribution >= 0.6 is 0 Å². The van der Waals surface area contributed by atoms with E-state index in [0.717, 1.165) is 22.5 Å². The number of hydrogen-bond acceptors (Lipinski definition) is 3. The number of nitriles is 2. The van der Waals surface area contributed by atoms with Crippen LogP contribution in [-0.2, 0) is 6.54 Å². The lowest BCUT2D eigenvalue weighted by atomic mass is 10.1. The number of hydrogen-bond donors (Lipinski definition) is 1. The minimum Gasteiger partial charge on any atom is -0.325 e. The Morgan fingerprint density at radius 1 is 0.690 bits per heavy atom. The molecule has 4 nitrogen and oxygen atoms in total. The van der Waals surface area contributed by atoms with E-state index in [1.54, 1.807) is 12.1 Å². The van der Waals surface area contributed by atoms with Crippen molar-refractivity contribution in [2.45, 2.75) is 6.54 Å². The van der Waals surface area contributed by atoms with E-state index < -0.39 is 0 Å². The molecule has 2 aromatic carbocycles. The van der Waals surface area contributed by atoms with Crippen molar-refractivity contribution in [2.75, 3.05) is 6.54 Å². The average molecular weight is 377 g/mol. The molecule has 1 heterocycles. The lowest BCUT2D eigenvalue weighted by Gasteiger charge is -2.04. The van der Waals surface area contributed by atoms with Gasteiger partial charge in [0.15, 0.2) is 6.54 Å². The van der Waals surface area contributed by atoms with Gasteiger partial charge in [0.2, 0.25) is 11.4 Å². The quantitative estimate of drug-likeness (QED) is 0.659. The first-order valence-corrected chi connectivity index (χ1v) is 9.34. The van der Waals surface area contributed by atoms with Gasteiger partial charge in [-0.3, -0.25) is 0 Å². The largest absolute Gasteiger partial charge is 0.325 e. The number of pyridine rings is 1. The number of aromatic nitrogens is 1. The maximum Gasteiger partial charge on any atom is 0.205 e. The molecule has 0 aliphatic heterocycles. The minimum absolute atomic E-state index is 0.500. The molecule has 0 unspecified atom stereocenters. The van der Waals surface area contributed by atoms with Crippen LogP contribution in [0.2, 0.25) is 0 Å². The van der Waals surface area contributed by atoms with Crippen molar-refractivity contribution in [1.29, 1.82) is 10.5 Å². The van der Waals surface area contributed by atoms with E-state index in [9.17, 15) is 10.5 Å². The molecule has 3 rings (SSSR count). The van der Waals surface area contributed by atoms with Crippen LogP contribution in [0.3, 0.4) is 0 Å². The summed E-state index contributed by atoms with van der Waals surface area (Å²) in [4.78, 5) is 0. The number of nitrogens with zero attached hydrogens (tertiary/aromatic N) is 3. The summed E-state index contributed by atoms with van der Waals surface area (Å²) in [6.07, 6.45) is 7.87. The molecule has 29 heavy (non-hydrogen) atoms. The highest BCUT2D eigenvalue weighted by molar-refractivity contribution is 5.72. The molecule has 3 aromatic rings. The summed E-state index contributed by atoms with van der Waals surface area (Å²) in [6, 6.07) is 25.4. The first-order chi connectivity index (χ1) is 14.3. The fraction of sp³-hybridized carbons (Fsp3) is 0.0800. The Balaban J connectivity index is 1.98. The number of benzene rings is 2. The van der Waals surface area contributed by atoms with Crippen LogP contribution < -0.4 is 10.3 Å². The highest BCUT2D eigenvalue weighted by Crippen LogP contribution is 2.14. The highest BCUT2D eigenvalue weighted by Gasteiger charge is 2.12. The van der Waals surface area contributed by atoms with Crippen LogP contribution in [0, 0.1) is 22.7 Å². The van der Waals surface area contributed by atoms with Gasteiger partial charge in [0, 0.05) is 24.3 Å². The summed E-state index contributed by atoms with van der Waals surface area (Å²) in [5.41, 5.74) is 10.8. The van der Waals surface area contributed by atoms with Crippen LogP contribution in [0.4, 0.5) is 0 Å². The SMILES string of the molecule is N#Cc1ccccc1/C=C/c1cccc(/C=C/c2ccccc2C#N)[n+]1CCN. The molecule has 0 amide bonds. The molecule has 0 spiro atoms. The molecule has 0 atom stereocenters. The van der Waals surface area contributed by atoms with E-state index in [0.29, 0.717) is 24.2 Å². The van der Waals surface area contributed by atoms with Gasteiger partial charge in [0.05, 0.1) is 29.8 Å². The van der Waals surface area contributed by atoms with Crippen molar-refractivity contribution in [2.24, 2.45) is 5.73 Å². The van der Waals surface area contributed by atoms with Crippen LogP contribution in [-0.4, -0.2) is 6.54 Å². The van der Waals surface area contributed by atoms with Crippen LogP contribution in [0.25, 0.3) is 24.3 Å². The molecule has 140 valence electrons. The fourth-order valence-electron chi connectivity index (χ4n) is 3.09. The summed E-state index contributed by atoms with van der Waals surface area (Å²) < 4.78 is 2.12. The van der Waals surface area contributed by atoms with Gasteiger partial charge < -0.3 is 5.73 Å². The Morgan fingerprint density at radius 2 is 1.17 bits per heavy atom. The third kappa shape index (κ3) is 4.84. The zero-order valence-electron chi connectivity index (χ0n) is 16.0. The van der Waals surface area contributed by atoms with Gasteiger partial charge in [0.1, 0.15) is 0 Å². The Morgan fingerprint density at radius 3 is 1.62 bits per heavy atom. The summed E-state index contributed by atoms with van der Waals surface area (Å²) in [5, 5.41) is 18.6. The van der Waals surface area contributed by atoms with Crippen molar-refractivity contribution < 1.29 is 4.57 Å². The molecule has 0 saturated carbocycles. The van der Waals surface area contributed by atoms with E-state index in [1.807, 2.05) is 78.9 Å². The van der Waals surface area contributed by atoms with Gasteiger partial charge >= 0.3 is 0 Å². The highest BCUT2D eigenvalue weighted by atomic mass is 15.0. The van der Waals surface area contributed by atoms with Crippen molar-refractivity contribution in [1.82, 2.24) is 0 Å². The van der Waals surface area contributed by atoms with Gasteiger partial charge in [-0.15, -0.1) is 0 Å². The summed E-state index contributed by atoms with van der Waals surface area (Å²) in [5.74, 6) is 0. The Kier molecular flexibility index (Phi) is 6.68. The number of nitrogens with two attached hydrogens (primary N) is 1. The van der Waals surface area contributed by atoms with E-state index in [-0.39, 0.29) is 0 Å². The van der Waals surface area contributed by atoms with Gasteiger partial charge in [0.25, 0.3) is 0 Å². The Bertz CT molecular complexity index is 1060. The standard InChI is InChI=1S/C25H21N4/c26-16-17-29-24(14-12-20-6-1-3-8-22(20)18-27)10-5-11-25(29)15-13-21-7-2-4-9-23(21)19-28/h1-15H,16-17,26H2/q+1/b14-12+,15-13+. The third-order valence-corrected chi connectivity index (χ3v) is 4.54. The van der Waals surface area contributed by atoms with Crippen LogP contribution in [0.5, 0.6) is 0 Å². The van der Waals surface area contributed by atoms with Crippen molar-refractivity contribution in [3.05, 3.63) is 100 Å². The van der Waals surface area contributed by atoms with Crippen molar-refractivity contribution in [3.63, 3.8) is 0 Å². The van der Waals surface area contributed by atoms with Crippen LogP contribution in [0.15, 0.2) is 66.7 Å². The lowest BCUT2D eigenvalue weighted by molar-refractivity contribution is -0.697. The summed E-state index contributed by atoms with van der Waals surface area (Å²) in [7, 11) is 0. The molecule has 0 aliphatic carbocycles. The number of rotatable bonds is 6. The van der Waals surface area contributed by atoms with Gasteiger partial charge in [-0.05, 0) is 41.5 Å². The molecule has 2 N–H and O–H groups in total. The van der Waals surface area contributed by atoms with E-state index >= 15 is 0 Å². The molecule has 1 aromatic heterocycles. The van der Waals surface area contributed by atoms with Gasteiger partial charge in [-0.2, -0.15) is 15.1 Å². The molecule has 0 aliphatic rings. The zero-order chi connectivity index (χ0) is 20.5. The lowest BCUT2D eigenvalue weighted by Crippen LogP contribution is -2.43. The van der Waals surface area contributed by atoms with E-state index in [1.165, 1.54) is 0 Å². The summed E-state index contributed by atoms with van der Waals surface area (Å²) >= 11 is 0. The van der Waals surface area contributed by atoms with Crippen molar-refractivity contribution in [3.8, 4) is 12.1 Å². The van der Waals surface area contributed by atoms with Crippen LogP contribution in [0.1, 0.15) is 33.6 Å². The molecule has 0 fully saturated rings. The molecular formula is C25H21N4+. The normalized spacial score (nSPS) is 10.9. The van der Waals surface area contributed by atoms with E-state index in [4.69, 9.17) is 5.73 Å². The zero-order valence-corrected chi connectivity index (χ0v) is 16.0. The monoisotopic (exact) mass is 377 g/mol. The first kappa shape index (κ1) is 19.8. The predicted molar refractivity (Wildman–Crippen MR) is 116 cm³/mol. The average Bonchev–Trinajstić information content (AvgIpc) is 2.77. The minimum atomic E-state index is 0.500. The van der Waals surface area contributed by atoms with Gasteiger partial charge in [-0.25, -0.2) is 0 Å². The third-order valence-electron chi connectivity index (χ3n) is 4.54.